The van der Waals surface area contributed by atoms with Crippen LogP contribution in [0.4, 0.5) is 19.0 Å². The zero-order valence-corrected chi connectivity index (χ0v) is 11.4. The SMILES string of the molecule is CC(C)(C)OC(=O)CNc1cc(CC(F)(F)F)ncn1. The van der Waals surface area contributed by atoms with Crippen LogP contribution < -0.4 is 5.32 Å². The Morgan fingerprint density at radius 2 is 1.95 bits per heavy atom. The number of hydrogen-bond donors (Lipinski definition) is 1. The van der Waals surface area contributed by atoms with Gasteiger partial charge in [-0.2, -0.15) is 13.2 Å². The van der Waals surface area contributed by atoms with Gasteiger partial charge in [0.05, 0.1) is 12.1 Å². The summed E-state index contributed by atoms with van der Waals surface area (Å²) in [6, 6.07) is 1.15. The first-order valence-electron chi connectivity index (χ1n) is 5.88. The van der Waals surface area contributed by atoms with Crippen molar-refractivity contribution in [3.8, 4) is 0 Å². The highest BCUT2D eigenvalue weighted by Gasteiger charge is 2.28. The minimum Gasteiger partial charge on any atom is -0.459 e. The molecule has 0 bridgehead atoms. The summed E-state index contributed by atoms with van der Waals surface area (Å²) in [7, 11) is 0. The summed E-state index contributed by atoms with van der Waals surface area (Å²) in [4.78, 5) is 18.7. The molecule has 1 aromatic rings. The molecule has 0 aliphatic rings. The van der Waals surface area contributed by atoms with Crippen LogP contribution in [-0.4, -0.2) is 34.3 Å². The molecule has 0 spiro atoms. The number of hydrogen-bond acceptors (Lipinski definition) is 5. The second-order valence-corrected chi connectivity index (χ2v) is 5.13. The molecule has 1 N–H and O–H groups in total. The van der Waals surface area contributed by atoms with Gasteiger partial charge in [-0.3, -0.25) is 4.79 Å². The fourth-order valence-corrected chi connectivity index (χ4v) is 1.34. The Morgan fingerprint density at radius 1 is 1.30 bits per heavy atom. The number of esters is 1. The number of nitrogens with zero attached hydrogens (tertiary/aromatic N) is 2. The molecule has 1 heterocycles. The van der Waals surface area contributed by atoms with Gasteiger partial charge in [0.25, 0.3) is 0 Å². The number of alkyl halides is 3. The molecular weight excluding hydrogens is 275 g/mol. The Bertz CT molecular complexity index is 470. The highest BCUT2D eigenvalue weighted by molar-refractivity contribution is 5.74. The lowest BCUT2D eigenvalue weighted by atomic mass is 10.2. The van der Waals surface area contributed by atoms with E-state index in [9.17, 15) is 18.0 Å². The van der Waals surface area contributed by atoms with Gasteiger partial charge >= 0.3 is 12.1 Å². The van der Waals surface area contributed by atoms with E-state index in [4.69, 9.17) is 4.74 Å². The standard InChI is InChI=1S/C12H16F3N3O2/c1-11(2,3)20-10(19)6-16-9-4-8(17-7-18-9)5-12(13,14)15/h4,7H,5-6H2,1-3H3,(H,16,17,18). The highest BCUT2D eigenvalue weighted by Crippen LogP contribution is 2.20. The summed E-state index contributed by atoms with van der Waals surface area (Å²) < 4.78 is 41.7. The third-order valence-electron chi connectivity index (χ3n) is 1.94. The Balaban J connectivity index is 2.57. The van der Waals surface area contributed by atoms with Crippen LogP contribution in [0.15, 0.2) is 12.4 Å². The predicted octanol–water partition coefficient (Wildman–Crippen LogP) is 2.33. The fraction of sp³-hybridized carbons (Fsp3) is 0.583. The molecule has 0 unspecified atom stereocenters. The zero-order chi connectivity index (χ0) is 15.4. The average molecular weight is 291 g/mol. The van der Waals surface area contributed by atoms with Crippen molar-refractivity contribution in [2.24, 2.45) is 0 Å². The molecule has 1 aromatic heterocycles. The molecule has 0 saturated heterocycles. The van der Waals surface area contributed by atoms with Gasteiger partial charge in [-0.1, -0.05) is 0 Å². The number of ether oxygens (including phenoxy) is 1. The monoisotopic (exact) mass is 291 g/mol. The van der Waals surface area contributed by atoms with Crippen LogP contribution in [0.5, 0.6) is 0 Å². The third-order valence-corrected chi connectivity index (χ3v) is 1.94. The molecule has 20 heavy (non-hydrogen) atoms. The molecule has 112 valence electrons. The number of aromatic nitrogens is 2. The molecule has 0 saturated carbocycles. The summed E-state index contributed by atoms with van der Waals surface area (Å²) in [6.45, 7) is 4.98. The van der Waals surface area contributed by atoms with Gasteiger partial charge in [0.2, 0.25) is 0 Å². The highest BCUT2D eigenvalue weighted by atomic mass is 19.4. The first kappa shape index (κ1) is 16.2. The van der Waals surface area contributed by atoms with Crippen molar-refractivity contribution in [1.82, 2.24) is 9.97 Å². The van der Waals surface area contributed by atoms with Gasteiger partial charge in [-0.05, 0) is 20.8 Å². The van der Waals surface area contributed by atoms with Crippen LogP contribution in [0.25, 0.3) is 0 Å². The molecule has 0 aliphatic heterocycles. The van der Waals surface area contributed by atoms with Crippen LogP contribution in [-0.2, 0) is 16.0 Å². The van der Waals surface area contributed by atoms with Crippen LogP contribution in [0.3, 0.4) is 0 Å². The van der Waals surface area contributed by atoms with Crippen LogP contribution in [0, 0.1) is 0 Å². The number of halogens is 3. The van der Waals surface area contributed by atoms with Gasteiger partial charge in [0.1, 0.15) is 24.3 Å². The quantitative estimate of drug-likeness (QED) is 0.863. The second kappa shape index (κ2) is 6.06. The van der Waals surface area contributed by atoms with Gasteiger partial charge < -0.3 is 10.1 Å². The van der Waals surface area contributed by atoms with Crippen LogP contribution in [0.2, 0.25) is 0 Å². The van der Waals surface area contributed by atoms with E-state index < -0.39 is 24.2 Å². The van der Waals surface area contributed by atoms with E-state index in [0.717, 1.165) is 12.4 Å². The number of anilines is 1. The number of nitrogens with one attached hydrogen (secondary N) is 1. The zero-order valence-electron chi connectivity index (χ0n) is 11.4. The van der Waals surface area contributed by atoms with Crippen molar-refractivity contribution >= 4 is 11.8 Å². The van der Waals surface area contributed by atoms with E-state index >= 15 is 0 Å². The minimum absolute atomic E-state index is 0.144. The molecular formula is C12H16F3N3O2. The van der Waals surface area contributed by atoms with Gasteiger partial charge in [-0.25, -0.2) is 9.97 Å². The molecule has 0 radical (unpaired) electrons. The van der Waals surface area contributed by atoms with Crippen LogP contribution in [0.1, 0.15) is 26.5 Å². The second-order valence-electron chi connectivity index (χ2n) is 5.13. The number of carbonyl (C=O) groups is 1. The first-order chi connectivity index (χ1) is 9.05. The summed E-state index contributed by atoms with van der Waals surface area (Å²) in [5, 5.41) is 2.60. The molecule has 5 nitrogen and oxygen atoms in total. The number of carbonyl (C=O) groups excluding carboxylic acids is 1. The van der Waals surface area contributed by atoms with Crippen LogP contribution >= 0.6 is 0 Å². The Kier molecular flexibility index (Phi) is 4.91. The summed E-state index contributed by atoms with van der Waals surface area (Å²) in [5.74, 6) is -0.376. The Labute approximate surface area is 114 Å². The molecule has 0 fully saturated rings. The molecule has 0 aromatic carbocycles. The lowest BCUT2D eigenvalue weighted by Gasteiger charge is -2.19. The minimum atomic E-state index is -4.34. The van der Waals surface area contributed by atoms with E-state index in [1.807, 2.05) is 0 Å². The summed E-state index contributed by atoms with van der Waals surface area (Å²) in [6.07, 6.45) is -4.47. The van der Waals surface area contributed by atoms with Gasteiger partial charge in [-0.15, -0.1) is 0 Å². The van der Waals surface area contributed by atoms with Crippen molar-refractivity contribution < 1.29 is 22.7 Å². The van der Waals surface area contributed by atoms with Crippen molar-refractivity contribution in [3.05, 3.63) is 18.1 Å². The van der Waals surface area contributed by atoms with E-state index in [0.29, 0.717) is 0 Å². The molecule has 0 aliphatic carbocycles. The first-order valence-corrected chi connectivity index (χ1v) is 5.88. The average Bonchev–Trinajstić information content (AvgIpc) is 2.22. The van der Waals surface area contributed by atoms with Gasteiger partial charge in [0.15, 0.2) is 0 Å². The molecule has 0 amide bonds. The van der Waals surface area contributed by atoms with Crippen molar-refractivity contribution in [2.75, 3.05) is 11.9 Å². The summed E-state index contributed by atoms with van der Waals surface area (Å²) in [5.41, 5.74) is -0.787. The van der Waals surface area contributed by atoms with E-state index in [-0.39, 0.29) is 18.1 Å². The van der Waals surface area contributed by atoms with Gasteiger partial charge in [0, 0.05) is 6.07 Å². The molecule has 1 rings (SSSR count). The Hall–Kier alpha value is -1.86. The van der Waals surface area contributed by atoms with Crippen molar-refractivity contribution in [3.63, 3.8) is 0 Å². The van der Waals surface area contributed by atoms with Crippen molar-refractivity contribution in [2.45, 2.75) is 39.0 Å². The number of rotatable bonds is 4. The van der Waals surface area contributed by atoms with Crippen molar-refractivity contribution in [1.29, 1.82) is 0 Å². The maximum Gasteiger partial charge on any atom is 0.394 e. The largest absolute Gasteiger partial charge is 0.459 e. The lowest BCUT2D eigenvalue weighted by molar-refractivity contribution is -0.152. The Morgan fingerprint density at radius 3 is 2.50 bits per heavy atom. The third kappa shape index (κ3) is 6.91. The maximum atomic E-state index is 12.2. The van der Waals surface area contributed by atoms with E-state index in [1.165, 1.54) is 0 Å². The van der Waals surface area contributed by atoms with E-state index in [1.54, 1.807) is 20.8 Å². The maximum absolute atomic E-state index is 12.2. The normalized spacial score (nSPS) is 12.1. The predicted molar refractivity (Wildman–Crippen MR) is 66.1 cm³/mol. The molecule has 0 atom stereocenters. The topological polar surface area (TPSA) is 64.1 Å². The summed E-state index contributed by atoms with van der Waals surface area (Å²) >= 11 is 0. The molecule has 8 heteroatoms. The lowest BCUT2D eigenvalue weighted by Crippen LogP contribution is -2.28. The smallest absolute Gasteiger partial charge is 0.394 e. The van der Waals surface area contributed by atoms with E-state index in [2.05, 4.69) is 15.3 Å². The fourth-order valence-electron chi connectivity index (χ4n) is 1.34.